The van der Waals surface area contributed by atoms with Gasteiger partial charge in [0.15, 0.2) is 5.82 Å². The highest BCUT2D eigenvalue weighted by Crippen LogP contribution is 2.31. The van der Waals surface area contributed by atoms with Crippen molar-refractivity contribution in [1.29, 1.82) is 0 Å². The first-order valence-corrected chi connectivity index (χ1v) is 11.4. The third kappa shape index (κ3) is 3.80. The summed E-state index contributed by atoms with van der Waals surface area (Å²) >= 11 is 5.95. The van der Waals surface area contributed by atoms with Crippen molar-refractivity contribution in [2.75, 3.05) is 4.72 Å². The molecule has 0 amide bonds. The molecule has 5 nitrogen and oxygen atoms in total. The van der Waals surface area contributed by atoms with Crippen LogP contribution in [0.25, 0.3) is 22.2 Å². The summed E-state index contributed by atoms with van der Waals surface area (Å²) in [6.45, 7) is 0. The Kier molecular flexibility index (Phi) is 5.27. The summed E-state index contributed by atoms with van der Waals surface area (Å²) in [4.78, 5) is 20.4. The number of H-pyrrole nitrogens is 1. The lowest BCUT2D eigenvalue weighted by molar-refractivity contribution is 0.103. The van der Waals surface area contributed by atoms with Gasteiger partial charge < -0.3 is 9.71 Å². The van der Waals surface area contributed by atoms with E-state index in [-0.39, 0.29) is 16.5 Å². The highest BCUT2D eigenvalue weighted by Gasteiger charge is 2.30. The molecule has 32 heavy (non-hydrogen) atoms. The molecule has 0 aliphatic heterocycles. The number of pyridine rings is 1. The first kappa shape index (κ1) is 20.8. The zero-order valence-electron chi connectivity index (χ0n) is 16.5. The van der Waals surface area contributed by atoms with E-state index in [0.717, 1.165) is 36.1 Å². The number of fused-ring (bicyclic) bond motifs is 1. The number of hydrogen-bond donors (Lipinski definition) is 2. The molecule has 4 aromatic rings. The molecule has 2 aromatic carbocycles. The molecule has 0 spiro atoms. The second-order valence-corrected chi connectivity index (χ2v) is 9.44. The fourth-order valence-electron chi connectivity index (χ4n) is 3.44. The average molecular weight is 472 g/mol. The number of carbonyl (C=O) groups is 1. The van der Waals surface area contributed by atoms with Gasteiger partial charge >= 0.3 is 0 Å². The molecule has 2 N–H and O–H groups in total. The standard InChI is InChI=1S/C23H16ClF2N3O2S/c24-14-3-1-12(2-4-14)13-9-16-17(11-28-23(16)27-10-13)22(30)20-18(25)7-8-19(21(20)26)29-32(31)15-5-6-15/h1-4,7-11,15,29H,5-6H2,(H,27,28). The van der Waals surface area contributed by atoms with Crippen LogP contribution in [-0.2, 0) is 11.0 Å². The number of aromatic nitrogens is 2. The Balaban J connectivity index is 1.55. The van der Waals surface area contributed by atoms with Gasteiger partial charge in [0.25, 0.3) is 0 Å². The van der Waals surface area contributed by atoms with Crippen LogP contribution in [0.3, 0.4) is 0 Å². The van der Waals surface area contributed by atoms with Gasteiger partial charge in [-0.1, -0.05) is 23.7 Å². The van der Waals surface area contributed by atoms with Crippen LogP contribution < -0.4 is 4.72 Å². The van der Waals surface area contributed by atoms with Crippen LogP contribution in [0.15, 0.2) is 54.9 Å². The molecule has 0 saturated heterocycles. The number of ketones is 1. The number of nitrogens with one attached hydrogen (secondary N) is 2. The van der Waals surface area contributed by atoms with Crippen molar-refractivity contribution in [2.45, 2.75) is 18.1 Å². The number of carbonyl (C=O) groups excluding carboxylic acids is 1. The van der Waals surface area contributed by atoms with Crippen molar-refractivity contribution in [3.8, 4) is 11.1 Å². The largest absolute Gasteiger partial charge is 0.345 e. The van der Waals surface area contributed by atoms with Gasteiger partial charge in [0.2, 0.25) is 5.78 Å². The van der Waals surface area contributed by atoms with Crippen LogP contribution in [-0.4, -0.2) is 25.2 Å². The van der Waals surface area contributed by atoms with Gasteiger partial charge in [0.05, 0.1) is 16.5 Å². The Morgan fingerprint density at radius 3 is 2.59 bits per heavy atom. The topological polar surface area (TPSA) is 74.8 Å². The Bertz CT molecular complexity index is 1380. The maximum absolute atomic E-state index is 15.1. The monoisotopic (exact) mass is 471 g/mol. The lowest BCUT2D eigenvalue weighted by atomic mass is 10.00. The Morgan fingerprint density at radius 1 is 1.12 bits per heavy atom. The fourth-order valence-corrected chi connectivity index (χ4v) is 4.67. The molecule has 1 saturated carbocycles. The van der Waals surface area contributed by atoms with E-state index >= 15 is 4.39 Å². The van der Waals surface area contributed by atoms with Gasteiger partial charge in [0, 0.05) is 33.9 Å². The van der Waals surface area contributed by atoms with Crippen molar-refractivity contribution in [3.63, 3.8) is 0 Å². The van der Waals surface area contributed by atoms with Crippen molar-refractivity contribution < 1.29 is 17.8 Å². The summed E-state index contributed by atoms with van der Waals surface area (Å²) in [6, 6.07) is 11.0. The van der Waals surface area contributed by atoms with Gasteiger partial charge in [-0.25, -0.2) is 18.0 Å². The third-order valence-corrected chi connectivity index (χ3v) is 7.06. The van der Waals surface area contributed by atoms with Crippen LogP contribution in [0.5, 0.6) is 0 Å². The third-order valence-electron chi connectivity index (χ3n) is 5.31. The molecule has 1 aliphatic carbocycles. The van der Waals surface area contributed by atoms with Gasteiger partial charge in [-0.3, -0.25) is 4.79 Å². The maximum atomic E-state index is 15.1. The number of halogens is 3. The van der Waals surface area contributed by atoms with Gasteiger partial charge in [-0.05, 0) is 48.7 Å². The normalized spacial score (nSPS) is 14.5. The van der Waals surface area contributed by atoms with Crippen LogP contribution in [0.4, 0.5) is 14.5 Å². The predicted octanol–water partition coefficient (Wildman–Crippen LogP) is 5.63. The van der Waals surface area contributed by atoms with E-state index in [4.69, 9.17) is 11.6 Å². The predicted molar refractivity (Wildman–Crippen MR) is 121 cm³/mol. The van der Waals surface area contributed by atoms with Crippen molar-refractivity contribution in [3.05, 3.63) is 82.6 Å². The molecular weight excluding hydrogens is 456 g/mol. The van der Waals surface area contributed by atoms with Crippen LogP contribution in [0.2, 0.25) is 5.02 Å². The average Bonchev–Trinajstić information content (AvgIpc) is 3.55. The van der Waals surface area contributed by atoms with E-state index in [1.165, 1.54) is 6.20 Å². The lowest BCUT2D eigenvalue weighted by Gasteiger charge is -2.10. The van der Waals surface area contributed by atoms with Crippen molar-refractivity contribution in [1.82, 2.24) is 9.97 Å². The number of aromatic amines is 1. The maximum Gasteiger partial charge on any atom is 0.201 e. The Hall–Kier alpha value is -3.10. The fraction of sp³-hybridized carbons (Fsp3) is 0.130. The van der Waals surface area contributed by atoms with Crippen LogP contribution in [0, 0.1) is 11.6 Å². The smallest absolute Gasteiger partial charge is 0.201 e. The Morgan fingerprint density at radius 2 is 1.88 bits per heavy atom. The van der Waals surface area contributed by atoms with E-state index in [2.05, 4.69) is 14.7 Å². The zero-order valence-corrected chi connectivity index (χ0v) is 18.1. The van der Waals surface area contributed by atoms with Gasteiger partial charge in [-0.15, -0.1) is 0 Å². The minimum atomic E-state index is -1.48. The molecule has 2 heterocycles. The van der Waals surface area contributed by atoms with Gasteiger partial charge in [0.1, 0.15) is 22.5 Å². The number of benzene rings is 2. The summed E-state index contributed by atoms with van der Waals surface area (Å²) in [5.74, 6) is -2.89. The van der Waals surface area contributed by atoms with E-state index in [0.29, 0.717) is 16.1 Å². The molecule has 1 aliphatic rings. The first-order chi connectivity index (χ1) is 15.4. The van der Waals surface area contributed by atoms with E-state index in [1.807, 2.05) is 12.1 Å². The summed E-state index contributed by atoms with van der Waals surface area (Å²) in [5.41, 5.74) is 1.17. The Labute approximate surface area is 189 Å². The summed E-state index contributed by atoms with van der Waals surface area (Å²) < 4.78 is 44.3. The van der Waals surface area contributed by atoms with Crippen LogP contribution >= 0.6 is 11.6 Å². The molecular formula is C23H16ClF2N3O2S. The van der Waals surface area contributed by atoms with E-state index < -0.39 is 34.0 Å². The van der Waals surface area contributed by atoms with Crippen molar-refractivity contribution >= 4 is 45.1 Å². The highest BCUT2D eigenvalue weighted by atomic mass is 35.5. The molecule has 9 heteroatoms. The quantitative estimate of drug-likeness (QED) is 0.358. The molecule has 162 valence electrons. The number of hydrogen-bond acceptors (Lipinski definition) is 3. The van der Waals surface area contributed by atoms with E-state index in [9.17, 15) is 13.4 Å². The highest BCUT2D eigenvalue weighted by molar-refractivity contribution is 7.87. The minimum Gasteiger partial charge on any atom is -0.345 e. The van der Waals surface area contributed by atoms with E-state index in [1.54, 1.807) is 24.4 Å². The molecule has 0 bridgehead atoms. The molecule has 1 fully saturated rings. The molecule has 1 unspecified atom stereocenters. The SMILES string of the molecule is O=C(c1c(F)ccc(NS(=O)C2CC2)c1F)c1c[nH]c2ncc(-c3ccc(Cl)cc3)cc12. The lowest BCUT2D eigenvalue weighted by Crippen LogP contribution is -2.14. The molecule has 2 aromatic heterocycles. The van der Waals surface area contributed by atoms with Crippen LogP contribution in [0.1, 0.15) is 28.8 Å². The number of anilines is 1. The van der Waals surface area contributed by atoms with Crippen molar-refractivity contribution in [2.24, 2.45) is 0 Å². The second kappa shape index (κ2) is 8.11. The minimum absolute atomic E-state index is 0.0513. The first-order valence-electron chi connectivity index (χ1n) is 9.85. The molecule has 1 atom stereocenters. The summed E-state index contributed by atoms with van der Waals surface area (Å²) in [5, 5.41) is 0.966. The molecule has 5 rings (SSSR count). The zero-order chi connectivity index (χ0) is 22.4. The molecule has 0 radical (unpaired) electrons. The number of nitrogens with zero attached hydrogens (tertiary/aromatic N) is 1. The summed E-state index contributed by atoms with van der Waals surface area (Å²) in [6.07, 6.45) is 4.58. The van der Waals surface area contributed by atoms with Gasteiger partial charge in [-0.2, -0.15) is 0 Å². The second-order valence-electron chi connectivity index (χ2n) is 7.54. The summed E-state index contributed by atoms with van der Waals surface area (Å²) in [7, 11) is -1.48. The number of rotatable bonds is 6.